The second kappa shape index (κ2) is 9.33. The standard InChI is InChI=1S/C29H41NO5Si/c1-27(2,3)34-25(32)22-21(36(8,9)10)18-20(24(31)30(7)19-14-12-11-13-15-19)29(16-17-29)23(22)26(33)35-28(4,5)6/h11-15,18,20H,16-17H2,1-10H3. The van der Waals surface area contributed by atoms with Gasteiger partial charge in [-0.25, -0.2) is 9.59 Å². The van der Waals surface area contributed by atoms with Crippen molar-refractivity contribution in [2.75, 3.05) is 11.9 Å². The highest BCUT2D eigenvalue weighted by molar-refractivity contribution is 6.84. The number of hydrogen-bond donors (Lipinski definition) is 0. The van der Waals surface area contributed by atoms with E-state index in [0.717, 1.165) is 10.9 Å². The van der Waals surface area contributed by atoms with Gasteiger partial charge in [-0.05, 0) is 71.7 Å². The van der Waals surface area contributed by atoms with E-state index in [1.54, 1.807) is 11.9 Å². The van der Waals surface area contributed by atoms with E-state index in [1.807, 2.05) is 78.0 Å². The summed E-state index contributed by atoms with van der Waals surface area (Å²) in [7, 11) is -0.457. The highest BCUT2D eigenvalue weighted by atomic mass is 28.3. The molecule has 2 aliphatic carbocycles. The summed E-state index contributed by atoms with van der Waals surface area (Å²) < 4.78 is 11.7. The number of carbonyl (C=O) groups is 3. The van der Waals surface area contributed by atoms with Gasteiger partial charge in [0.2, 0.25) is 5.91 Å². The van der Waals surface area contributed by atoms with Crippen LogP contribution in [0.15, 0.2) is 52.8 Å². The molecule has 0 aliphatic heterocycles. The Kier molecular flexibility index (Phi) is 7.23. The minimum absolute atomic E-state index is 0.0984. The van der Waals surface area contributed by atoms with E-state index in [9.17, 15) is 14.4 Å². The zero-order valence-electron chi connectivity index (χ0n) is 23.4. The third kappa shape index (κ3) is 5.83. The van der Waals surface area contributed by atoms with Crippen LogP contribution in [-0.4, -0.2) is 44.2 Å². The lowest BCUT2D eigenvalue weighted by molar-refractivity contribution is -0.154. The molecule has 0 radical (unpaired) electrons. The van der Waals surface area contributed by atoms with Gasteiger partial charge in [0.05, 0.1) is 25.1 Å². The van der Waals surface area contributed by atoms with Crippen LogP contribution >= 0.6 is 0 Å². The summed E-state index contributed by atoms with van der Waals surface area (Å²) >= 11 is 0. The second-order valence-corrected chi connectivity index (χ2v) is 18.0. The first kappa shape index (κ1) is 27.9. The van der Waals surface area contributed by atoms with Crippen molar-refractivity contribution >= 4 is 31.6 Å². The number of esters is 2. The first-order valence-electron chi connectivity index (χ1n) is 12.6. The topological polar surface area (TPSA) is 72.9 Å². The summed E-state index contributed by atoms with van der Waals surface area (Å²) in [5, 5.41) is 0.773. The fourth-order valence-electron chi connectivity index (χ4n) is 4.74. The Morgan fingerprint density at radius 1 is 0.889 bits per heavy atom. The number of carbonyl (C=O) groups excluding carboxylic acids is 3. The van der Waals surface area contributed by atoms with Crippen LogP contribution in [0.3, 0.4) is 0 Å². The quantitative estimate of drug-likeness (QED) is 0.367. The molecule has 1 atom stereocenters. The van der Waals surface area contributed by atoms with Crippen molar-refractivity contribution in [2.24, 2.45) is 11.3 Å². The summed E-state index contributed by atoms with van der Waals surface area (Å²) in [5.74, 6) is -1.73. The second-order valence-electron chi connectivity index (χ2n) is 13.0. The maximum atomic E-state index is 14.0. The molecule has 1 fully saturated rings. The molecule has 196 valence electrons. The Labute approximate surface area is 216 Å². The van der Waals surface area contributed by atoms with Gasteiger partial charge in [0.25, 0.3) is 0 Å². The van der Waals surface area contributed by atoms with Crippen molar-refractivity contribution in [3.63, 3.8) is 0 Å². The fourth-order valence-corrected chi connectivity index (χ4v) is 6.38. The average Bonchev–Trinajstić information content (AvgIpc) is 3.49. The monoisotopic (exact) mass is 511 g/mol. The van der Waals surface area contributed by atoms with Gasteiger partial charge in [0, 0.05) is 18.2 Å². The van der Waals surface area contributed by atoms with Crippen LogP contribution in [0.2, 0.25) is 19.6 Å². The van der Waals surface area contributed by atoms with E-state index in [0.29, 0.717) is 24.0 Å². The van der Waals surface area contributed by atoms with Gasteiger partial charge in [-0.15, -0.1) is 0 Å². The molecule has 0 N–H and O–H groups in total. The average molecular weight is 512 g/mol. The Morgan fingerprint density at radius 3 is 1.83 bits per heavy atom. The molecule has 1 aromatic rings. The molecule has 6 nitrogen and oxygen atoms in total. The normalized spacial score (nSPS) is 19.5. The van der Waals surface area contributed by atoms with Crippen LogP contribution in [-0.2, 0) is 23.9 Å². The van der Waals surface area contributed by atoms with Gasteiger partial charge < -0.3 is 14.4 Å². The van der Waals surface area contributed by atoms with E-state index in [-0.39, 0.29) is 5.91 Å². The van der Waals surface area contributed by atoms with Crippen LogP contribution < -0.4 is 4.90 Å². The van der Waals surface area contributed by atoms with Crippen LogP contribution in [0.25, 0.3) is 0 Å². The Bertz CT molecular complexity index is 1110. The number of benzene rings is 1. The molecule has 0 heterocycles. The molecule has 0 bridgehead atoms. The maximum absolute atomic E-state index is 14.0. The minimum atomic E-state index is -2.22. The number of para-hydroxylation sites is 1. The third-order valence-electron chi connectivity index (χ3n) is 6.49. The molecule has 36 heavy (non-hydrogen) atoms. The van der Waals surface area contributed by atoms with Crippen molar-refractivity contribution < 1.29 is 23.9 Å². The molecule has 2 aliphatic rings. The van der Waals surface area contributed by atoms with Crippen LogP contribution in [0.1, 0.15) is 54.4 Å². The van der Waals surface area contributed by atoms with E-state index in [4.69, 9.17) is 9.47 Å². The maximum Gasteiger partial charge on any atom is 0.339 e. The van der Waals surface area contributed by atoms with Gasteiger partial charge in [0.15, 0.2) is 0 Å². The SMILES string of the molecule is CN(C(=O)C1C=C([Si](C)(C)C)C(C(=O)OC(C)(C)C)=C(C(=O)OC(C)(C)C)C12CC2)c1ccccc1. The van der Waals surface area contributed by atoms with E-state index in [2.05, 4.69) is 19.6 Å². The Morgan fingerprint density at radius 2 is 1.39 bits per heavy atom. The Balaban J connectivity index is 2.23. The summed E-state index contributed by atoms with van der Waals surface area (Å²) in [6.07, 6.45) is 3.22. The zero-order valence-corrected chi connectivity index (χ0v) is 24.4. The van der Waals surface area contributed by atoms with Crippen molar-refractivity contribution in [1.29, 1.82) is 0 Å². The molecule has 1 saturated carbocycles. The molecule has 3 rings (SSSR count). The van der Waals surface area contributed by atoms with Gasteiger partial charge in [-0.3, -0.25) is 4.79 Å². The van der Waals surface area contributed by atoms with Crippen LogP contribution in [0.5, 0.6) is 0 Å². The highest BCUT2D eigenvalue weighted by Crippen LogP contribution is 2.63. The first-order chi connectivity index (χ1) is 16.4. The number of ether oxygens (including phenoxy) is 2. The summed E-state index contributed by atoms with van der Waals surface area (Å²) in [5.41, 5.74) is -0.863. The predicted octanol–water partition coefficient (Wildman–Crippen LogP) is 5.84. The molecule has 1 unspecified atom stereocenters. The van der Waals surface area contributed by atoms with Gasteiger partial charge in [-0.1, -0.05) is 43.9 Å². The van der Waals surface area contributed by atoms with Gasteiger partial charge >= 0.3 is 11.9 Å². The van der Waals surface area contributed by atoms with Gasteiger partial charge in [-0.2, -0.15) is 0 Å². The molecule has 1 spiro atoms. The largest absolute Gasteiger partial charge is 0.457 e. The predicted molar refractivity (Wildman–Crippen MR) is 145 cm³/mol. The summed E-state index contributed by atoms with van der Waals surface area (Å²) in [6, 6.07) is 9.47. The van der Waals surface area contributed by atoms with E-state index in [1.165, 1.54) is 0 Å². The number of anilines is 1. The zero-order chi connectivity index (χ0) is 27.3. The molecule has 0 saturated heterocycles. The lowest BCUT2D eigenvalue weighted by atomic mass is 9.74. The van der Waals surface area contributed by atoms with Crippen LogP contribution in [0, 0.1) is 11.3 Å². The smallest absolute Gasteiger partial charge is 0.339 e. The van der Waals surface area contributed by atoms with Crippen molar-refractivity contribution in [3.05, 3.63) is 52.8 Å². The van der Waals surface area contributed by atoms with E-state index < -0.39 is 42.5 Å². The van der Waals surface area contributed by atoms with Crippen molar-refractivity contribution in [3.8, 4) is 0 Å². The highest BCUT2D eigenvalue weighted by Gasteiger charge is 2.61. The van der Waals surface area contributed by atoms with Crippen molar-refractivity contribution in [1.82, 2.24) is 0 Å². The summed E-state index contributed by atoms with van der Waals surface area (Å²) in [6.45, 7) is 17.2. The van der Waals surface area contributed by atoms with E-state index >= 15 is 0 Å². The van der Waals surface area contributed by atoms with Crippen LogP contribution in [0.4, 0.5) is 5.69 Å². The fraction of sp³-hybridized carbons (Fsp3) is 0.552. The number of amides is 1. The lowest BCUT2D eigenvalue weighted by Crippen LogP contribution is -2.45. The van der Waals surface area contributed by atoms with Crippen molar-refractivity contribution in [2.45, 2.75) is 85.2 Å². The molecule has 7 heteroatoms. The molecule has 1 aromatic carbocycles. The molecular weight excluding hydrogens is 470 g/mol. The molecule has 1 amide bonds. The van der Waals surface area contributed by atoms with Gasteiger partial charge in [0.1, 0.15) is 11.2 Å². The Hall–Kier alpha value is -2.67. The third-order valence-corrected chi connectivity index (χ3v) is 8.52. The number of rotatable bonds is 5. The lowest BCUT2D eigenvalue weighted by Gasteiger charge is -2.39. The summed E-state index contributed by atoms with van der Waals surface area (Å²) in [4.78, 5) is 43.1. The number of nitrogens with zero attached hydrogens (tertiary/aromatic N) is 1. The first-order valence-corrected chi connectivity index (χ1v) is 16.1. The number of hydrogen-bond acceptors (Lipinski definition) is 5. The molecular formula is C29H41NO5Si. The minimum Gasteiger partial charge on any atom is -0.457 e. The molecule has 0 aromatic heterocycles.